The van der Waals surface area contributed by atoms with Gasteiger partial charge in [0.05, 0.1) is 12.0 Å². The van der Waals surface area contributed by atoms with Crippen LogP contribution in [0, 0.1) is 0 Å². The first-order valence-electron chi connectivity index (χ1n) is 11.4. The molecule has 0 bridgehead atoms. The van der Waals surface area contributed by atoms with Gasteiger partial charge in [-0.15, -0.1) is 23.1 Å². The largest absolute Gasteiger partial charge is 0.448 e. The second-order valence-electron chi connectivity index (χ2n) is 8.42. The molecule has 10 heteroatoms. The number of hydrogen-bond acceptors (Lipinski definition) is 7. The number of nitrogens with one attached hydrogen (secondary N) is 1. The maximum absolute atomic E-state index is 13.6. The third kappa shape index (κ3) is 5.20. The smallest absolute Gasteiger partial charge is 0.356 e. The fourth-order valence-corrected chi connectivity index (χ4v) is 6.58. The van der Waals surface area contributed by atoms with Gasteiger partial charge in [0, 0.05) is 10.6 Å². The number of esters is 1. The van der Waals surface area contributed by atoms with Crippen LogP contribution in [-0.2, 0) is 30.3 Å². The van der Waals surface area contributed by atoms with E-state index in [1.54, 1.807) is 0 Å². The molecule has 2 atom stereocenters. The maximum Gasteiger partial charge on any atom is 0.356 e. The highest BCUT2D eigenvalue weighted by Crippen LogP contribution is 2.42. The number of benzene rings is 2. The molecule has 1 unspecified atom stereocenters. The molecular weight excluding hydrogens is 532 g/mol. The predicted molar refractivity (Wildman–Crippen MR) is 142 cm³/mol. The first-order valence-corrected chi connectivity index (χ1v) is 13.7. The highest BCUT2D eigenvalue weighted by Gasteiger charge is 2.55. The van der Waals surface area contributed by atoms with Crippen molar-refractivity contribution >= 4 is 57.7 Å². The minimum absolute atomic E-state index is 0.00417. The molecule has 2 aliphatic rings. The van der Waals surface area contributed by atoms with Gasteiger partial charge in [-0.3, -0.25) is 19.3 Å². The monoisotopic (exact) mass is 552 g/mol. The normalized spacial score (nSPS) is 18.8. The molecule has 0 radical (unpaired) electrons. The summed E-state index contributed by atoms with van der Waals surface area (Å²) in [6, 6.07) is 21.3. The molecule has 5 rings (SSSR count). The summed E-state index contributed by atoms with van der Waals surface area (Å²) in [5.41, 5.74) is 1.30. The Morgan fingerprint density at radius 1 is 1.00 bits per heavy atom. The summed E-state index contributed by atoms with van der Waals surface area (Å²) in [5, 5.41) is 3.26. The molecule has 3 heterocycles. The molecule has 2 aromatic carbocycles. The molecular formula is C27H21ClN2O5S2. The van der Waals surface area contributed by atoms with Crippen LogP contribution < -0.4 is 5.32 Å². The number of rotatable bonds is 8. The number of nitrogens with zero attached hydrogens (tertiary/aromatic N) is 1. The van der Waals surface area contributed by atoms with E-state index in [0.717, 1.165) is 16.0 Å². The second kappa shape index (κ2) is 10.9. The molecule has 0 aliphatic carbocycles. The molecule has 0 spiro atoms. The summed E-state index contributed by atoms with van der Waals surface area (Å²) < 4.78 is 5.93. The molecule has 2 amide bonds. The zero-order valence-electron chi connectivity index (χ0n) is 19.3. The van der Waals surface area contributed by atoms with Crippen LogP contribution in [0.25, 0.3) is 0 Å². The van der Waals surface area contributed by atoms with Gasteiger partial charge in [-0.2, -0.15) is 0 Å². The zero-order valence-corrected chi connectivity index (χ0v) is 21.7. The average molecular weight is 553 g/mol. The third-order valence-corrected chi connectivity index (χ3v) is 8.44. The Morgan fingerprint density at radius 2 is 1.65 bits per heavy atom. The molecule has 1 fully saturated rings. The highest BCUT2D eigenvalue weighted by molar-refractivity contribution is 8.00. The van der Waals surface area contributed by atoms with Gasteiger partial charge in [0.15, 0.2) is 6.10 Å². The van der Waals surface area contributed by atoms with Crippen molar-refractivity contribution in [2.45, 2.75) is 23.9 Å². The quantitative estimate of drug-likeness (QED) is 0.257. The SMILES string of the molecule is O=C(Cc1cccs1)NC1C(=O)N2C(C(=O)OC(c3ccccc3)c3ccccc3)=C(C(=O)Cl)CS[C@@H]12. The zero-order chi connectivity index (χ0) is 25.9. The van der Waals surface area contributed by atoms with Crippen LogP contribution in [0.3, 0.4) is 0 Å². The minimum atomic E-state index is -0.830. The van der Waals surface area contributed by atoms with E-state index in [-0.39, 0.29) is 29.4 Å². The maximum atomic E-state index is 13.6. The first-order chi connectivity index (χ1) is 17.9. The summed E-state index contributed by atoms with van der Waals surface area (Å²) in [4.78, 5) is 53.6. The van der Waals surface area contributed by atoms with Gasteiger partial charge in [0.2, 0.25) is 5.91 Å². The molecule has 3 aromatic rings. The van der Waals surface area contributed by atoms with Crippen molar-refractivity contribution in [1.29, 1.82) is 0 Å². The molecule has 37 heavy (non-hydrogen) atoms. The molecule has 188 valence electrons. The first kappa shape index (κ1) is 25.3. The standard InChI is InChI=1S/C27H21ClN2O5S2/c28-24(32)19-15-37-26-21(29-20(31)14-18-12-7-13-36-18)25(33)30(26)22(19)27(34)35-23(16-8-3-1-4-9-16)17-10-5-2-6-11-17/h1-13,21,23,26H,14-15H2,(H,29,31)/t21?,26-/m0/s1. The van der Waals surface area contributed by atoms with Gasteiger partial charge in [0.1, 0.15) is 17.1 Å². The Hall–Kier alpha value is -3.40. The second-order valence-corrected chi connectivity index (χ2v) is 10.9. The Bertz CT molecular complexity index is 1320. The van der Waals surface area contributed by atoms with Crippen LogP contribution in [0.2, 0.25) is 0 Å². The third-order valence-electron chi connectivity index (χ3n) is 6.06. The number of carbonyl (C=O) groups is 4. The van der Waals surface area contributed by atoms with Crippen molar-refractivity contribution < 1.29 is 23.9 Å². The van der Waals surface area contributed by atoms with E-state index in [4.69, 9.17) is 16.3 Å². The van der Waals surface area contributed by atoms with Crippen LogP contribution >= 0.6 is 34.7 Å². The summed E-state index contributed by atoms with van der Waals surface area (Å²) in [7, 11) is 0. The number of amides is 2. The van der Waals surface area contributed by atoms with E-state index in [1.165, 1.54) is 28.0 Å². The van der Waals surface area contributed by atoms with Crippen molar-refractivity contribution in [1.82, 2.24) is 10.2 Å². The lowest BCUT2D eigenvalue weighted by molar-refractivity contribution is -0.154. The Labute approximate surface area is 226 Å². The van der Waals surface area contributed by atoms with Crippen LogP contribution in [0.15, 0.2) is 89.4 Å². The Kier molecular flexibility index (Phi) is 7.45. The predicted octanol–water partition coefficient (Wildman–Crippen LogP) is 4.04. The van der Waals surface area contributed by atoms with E-state index in [1.807, 2.05) is 78.2 Å². The lowest BCUT2D eigenvalue weighted by Gasteiger charge is -2.49. The molecule has 0 saturated carbocycles. The van der Waals surface area contributed by atoms with Crippen molar-refractivity contribution in [2.75, 3.05) is 5.75 Å². The lowest BCUT2D eigenvalue weighted by Crippen LogP contribution is -2.70. The number of carbonyl (C=O) groups excluding carboxylic acids is 4. The van der Waals surface area contributed by atoms with Gasteiger partial charge >= 0.3 is 5.97 Å². The van der Waals surface area contributed by atoms with Gasteiger partial charge < -0.3 is 10.1 Å². The number of thiophene rings is 1. The van der Waals surface area contributed by atoms with Gasteiger partial charge in [-0.1, -0.05) is 66.7 Å². The number of halogens is 1. The van der Waals surface area contributed by atoms with Crippen molar-refractivity contribution in [3.8, 4) is 0 Å². The number of thioether (sulfide) groups is 1. The Morgan fingerprint density at radius 3 is 2.22 bits per heavy atom. The lowest BCUT2D eigenvalue weighted by atomic mass is 10.0. The molecule has 1 aromatic heterocycles. The summed E-state index contributed by atoms with van der Waals surface area (Å²) in [5.74, 6) is -1.50. The summed E-state index contributed by atoms with van der Waals surface area (Å²) in [6.07, 6.45) is -0.607. The summed E-state index contributed by atoms with van der Waals surface area (Å²) in [6.45, 7) is 0. The van der Waals surface area contributed by atoms with E-state index in [0.29, 0.717) is 0 Å². The van der Waals surface area contributed by atoms with Crippen molar-refractivity contribution in [3.05, 3.63) is 105 Å². The fourth-order valence-electron chi connectivity index (χ4n) is 4.30. The molecule has 1 saturated heterocycles. The minimum Gasteiger partial charge on any atom is -0.448 e. The van der Waals surface area contributed by atoms with Gasteiger partial charge in [0.25, 0.3) is 11.1 Å². The van der Waals surface area contributed by atoms with Crippen LogP contribution in [0.4, 0.5) is 0 Å². The van der Waals surface area contributed by atoms with Crippen molar-refractivity contribution in [2.24, 2.45) is 0 Å². The van der Waals surface area contributed by atoms with Crippen LogP contribution in [-0.4, -0.2) is 45.1 Å². The van der Waals surface area contributed by atoms with E-state index in [9.17, 15) is 19.2 Å². The van der Waals surface area contributed by atoms with E-state index < -0.39 is 34.6 Å². The summed E-state index contributed by atoms with van der Waals surface area (Å²) >= 11 is 8.55. The van der Waals surface area contributed by atoms with Crippen LogP contribution in [0.5, 0.6) is 0 Å². The molecule has 7 nitrogen and oxygen atoms in total. The number of β-lactam (4-membered cyclic amide) rings is 1. The fraction of sp³-hybridized carbons (Fsp3) is 0.185. The molecule has 2 aliphatic heterocycles. The number of fused-ring (bicyclic) bond motifs is 1. The molecule has 1 N–H and O–H groups in total. The van der Waals surface area contributed by atoms with Crippen molar-refractivity contribution in [3.63, 3.8) is 0 Å². The topological polar surface area (TPSA) is 92.8 Å². The number of ether oxygens (including phenoxy) is 1. The van der Waals surface area contributed by atoms with E-state index in [2.05, 4.69) is 5.32 Å². The van der Waals surface area contributed by atoms with E-state index >= 15 is 0 Å². The highest BCUT2D eigenvalue weighted by atomic mass is 35.5. The van der Waals surface area contributed by atoms with Crippen LogP contribution in [0.1, 0.15) is 22.1 Å². The van der Waals surface area contributed by atoms with Gasteiger partial charge in [-0.05, 0) is 34.2 Å². The Balaban J connectivity index is 1.39. The number of hydrogen-bond donors (Lipinski definition) is 1. The van der Waals surface area contributed by atoms with Gasteiger partial charge in [-0.25, -0.2) is 4.79 Å². The average Bonchev–Trinajstić information content (AvgIpc) is 3.43.